The Hall–Kier alpha value is -1.77. The van der Waals surface area contributed by atoms with Crippen LogP contribution in [0.4, 0.5) is 5.69 Å². The maximum Gasteiger partial charge on any atom is 0.0647 e. The Labute approximate surface area is 108 Å². The highest BCUT2D eigenvalue weighted by Crippen LogP contribution is 2.22. The lowest BCUT2D eigenvalue weighted by molar-refractivity contribution is 0.463. The van der Waals surface area contributed by atoms with Gasteiger partial charge in [0.2, 0.25) is 0 Å². The van der Waals surface area contributed by atoms with Gasteiger partial charge in [0.1, 0.15) is 0 Å². The first-order valence-corrected chi connectivity index (χ1v) is 6.78. The van der Waals surface area contributed by atoms with Crippen LogP contribution in [0.1, 0.15) is 32.1 Å². The summed E-state index contributed by atoms with van der Waals surface area (Å²) in [5, 5.41) is 7.85. The van der Waals surface area contributed by atoms with Crippen LogP contribution in [0.3, 0.4) is 0 Å². The maximum atomic E-state index is 4.23. The summed E-state index contributed by atoms with van der Waals surface area (Å²) in [5.74, 6) is 0. The molecule has 1 aromatic carbocycles. The molecule has 0 radical (unpaired) electrons. The lowest BCUT2D eigenvalue weighted by atomic mass is 9.95. The third kappa shape index (κ3) is 2.55. The standard InChI is InChI=1S/C15H19N3/c1-2-5-13(6-3-1)17-14-7-9-15(10-8-14)18-12-4-11-16-18/h4,7-13,17H,1-3,5-6H2. The summed E-state index contributed by atoms with van der Waals surface area (Å²) in [5.41, 5.74) is 2.33. The van der Waals surface area contributed by atoms with Gasteiger partial charge in [0, 0.05) is 24.1 Å². The fraction of sp³-hybridized carbons (Fsp3) is 0.400. The number of rotatable bonds is 3. The van der Waals surface area contributed by atoms with Crippen LogP contribution < -0.4 is 5.32 Å². The molecular formula is C15H19N3. The van der Waals surface area contributed by atoms with Crippen LogP contribution in [0.25, 0.3) is 5.69 Å². The molecule has 3 heteroatoms. The molecule has 0 saturated heterocycles. The number of benzene rings is 1. The van der Waals surface area contributed by atoms with E-state index in [4.69, 9.17) is 0 Å². The van der Waals surface area contributed by atoms with Crippen molar-refractivity contribution in [3.8, 4) is 5.69 Å². The molecule has 94 valence electrons. The second kappa shape index (κ2) is 5.25. The van der Waals surface area contributed by atoms with E-state index >= 15 is 0 Å². The SMILES string of the molecule is c1cnn(-c2ccc(NC3CCCCC3)cc2)c1. The number of anilines is 1. The highest BCUT2D eigenvalue weighted by molar-refractivity contribution is 5.49. The number of aromatic nitrogens is 2. The summed E-state index contributed by atoms with van der Waals surface area (Å²) < 4.78 is 1.88. The molecule has 0 unspecified atom stereocenters. The number of hydrogen-bond donors (Lipinski definition) is 1. The first-order chi connectivity index (χ1) is 8.92. The van der Waals surface area contributed by atoms with E-state index in [9.17, 15) is 0 Å². The van der Waals surface area contributed by atoms with E-state index in [2.05, 4.69) is 34.7 Å². The summed E-state index contributed by atoms with van der Waals surface area (Å²) in [6.07, 6.45) is 10.5. The fourth-order valence-electron chi connectivity index (χ4n) is 2.61. The first kappa shape index (κ1) is 11.3. The van der Waals surface area contributed by atoms with Crippen LogP contribution >= 0.6 is 0 Å². The fourth-order valence-corrected chi connectivity index (χ4v) is 2.61. The molecular weight excluding hydrogens is 222 g/mol. The van der Waals surface area contributed by atoms with Crippen LogP contribution in [0.5, 0.6) is 0 Å². The van der Waals surface area contributed by atoms with Gasteiger partial charge in [0.15, 0.2) is 0 Å². The van der Waals surface area contributed by atoms with E-state index in [0.29, 0.717) is 6.04 Å². The van der Waals surface area contributed by atoms with Crippen molar-refractivity contribution < 1.29 is 0 Å². The smallest absolute Gasteiger partial charge is 0.0647 e. The van der Waals surface area contributed by atoms with Crippen molar-refractivity contribution in [1.82, 2.24) is 9.78 Å². The Morgan fingerprint density at radius 3 is 2.50 bits per heavy atom. The van der Waals surface area contributed by atoms with Crippen molar-refractivity contribution in [2.45, 2.75) is 38.1 Å². The largest absolute Gasteiger partial charge is 0.382 e. The van der Waals surface area contributed by atoms with Gasteiger partial charge in [-0.05, 0) is 43.2 Å². The molecule has 18 heavy (non-hydrogen) atoms. The molecule has 0 atom stereocenters. The Balaban J connectivity index is 1.67. The van der Waals surface area contributed by atoms with Gasteiger partial charge in [-0.1, -0.05) is 19.3 Å². The predicted molar refractivity (Wildman–Crippen MR) is 74.1 cm³/mol. The van der Waals surface area contributed by atoms with Gasteiger partial charge in [0.25, 0.3) is 0 Å². The molecule has 3 rings (SSSR count). The van der Waals surface area contributed by atoms with Crippen LogP contribution in [-0.4, -0.2) is 15.8 Å². The summed E-state index contributed by atoms with van der Waals surface area (Å²) in [6, 6.07) is 11.1. The Morgan fingerprint density at radius 2 is 1.83 bits per heavy atom. The maximum absolute atomic E-state index is 4.23. The van der Waals surface area contributed by atoms with E-state index in [0.717, 1.165) is 5.69 Å². The lowest BCUT2D eigenvalue weighted by Gasteiger charge is -2.23. The molecule has 1 aliphatic carbocycles. The lowest BCUT2D eigenvalue weighted by Crippen LogP contribution is -2.22. The zero-order valence-electron chi connectivity index (χ0n) is 10.5. The minimum absolute atomic E-state index is 0.661. The predicted octanol–water partition coefficient (Wildman–Crippen LogP) is 3.62. The van der Waals surface area contributed by atoms with Gasteiger partial charge in [-0.3, -0.25) is 0 Å². The third-order valence-electron chi connectivity index (χ3n) is 3.61. The van der Waals surface area contributed by atoms with E-state index in [1.807, 2.05) is 16.9 Å². The summed E-state index contributed by atoms with van der Waals surface area (Å²) in [4.78, 5) is 0. The molecule has 0 amide bonds. The molecule has 1 saturated carbocycles. The topological polar surface area (TPSA) is 29.9 Å². The normalized spacial score (nSPS) is 16.7. The van der Waals surface area contributed by atoms with Gasteiger partial charge in [0.05, 0.1) is 5.69 Å². The number of nitrogens with one attached hydrogen (secondary N) is 1. The van der Waals surface area contributed by atoms with Crippen molar-refractivity contribution in [1.29, 1.82) is 0 Å². The molecule has 1 N–H and O–H groups in total. The molecule has 0 bridgehead atoms. The second-order valence-electron chi connectivity index (χ2n) is 4.98. The Bertz CT molecular complexity index is 467. The van der Waals surface area contributed by atoms with E-state index < -0.39 is 0 Å². The molecule has 2 aromatic rings. The van der Waals surface area contributed by atoms with E-state index in [1.165, 1.54) is 37.8 Å². The van der Waals surface area contributed by atoms with Crippen molar-refractivity contribution in [3.05, 3.63) is 42.7 Å². The third-order valence-corrected chi connectivity index (χ3v) is 3.61. The summed E-state index contributed by atoms with van der Waals surface area (Å²) in [7, 11) is 0. The number of nitrogens with zero attached hydrogens (tertiary/aromatic N) is 2. The van der Waals surface area contributed by atoms with Gasteiger partial charge >= 0.3 is 0 Å². The average molecular weight is 241 g/mol. The van der Waals surface area contributed by atoms with E-state index in [1.54, 1.807) is 6.20 Å². The van der Waals surface area contributed by atoms with Gasteiger partial charge in [-0.25, -0.2) is 4.68 Å². The average Bonchev–Trinajstić information content (AvgIpc) is 2.95. The Morgan fingerprint density at radius 1 is 1.06 bits per heavy atom. The van der Waals surface area contributed by atoms with Crippen molar-refractivity contribution >= 4 is 5.69 Å². The van der Waals surface area contributed by atoms with Crippen molar-refractivity contribution in [2.24, 2.45) is 0 Å². The van der Waals surface area contributed by atoms with Gasteiger partial charge in [-0.15, -0.1) is 0 Å². The summed E-state index contributed by atoms with van der Waals surface area (Å²) in [6.45, 7) is 0. The quantitative estimate of drug-likeness (QED) is 0.889. The minimum atomic E-state index is 0.661. The molecule has 1 aromatic heterocycles. The summed E-state index contributed by atoms with van der Waals surface area (Å²) >= 11 is 0. The zero-order chi connectivity index (χ0) is 12.2. The van der Waals surface area contributed by atoms with Crippen LogP contribution in [-0.2, 0) is 0 Å². The van der Waals surface area contributed by atoms with Crippen molar-refractivity contribution in [2.75, 3.05) is 5.32 Å². The molecule has 1 heterocycles. The van der Waals surface area contributed by atoms with Crippen LogP contribution in [0, 0.1) is 0 Å². The first-order valence-electron chi connectivity index (χ1n) is 6.78. The molecule has 1 fully saturated rings. The highest BCUT2D eigenvalue weighted by atomic mass is 15.3. The highest BCUT2D eigenvalue weighted by Gasteiger charge is 2.12. The molecule has 0 spiro atoms. The number of hydrogen-bond acceptors (Lipinski definition) is 2. The molecule has 1 aliphatic rings. The van der Waals surface area contributed by atoms with Crippen LogP contribution in [0.2, 0.25) is 0 Å². The molecule has 3 nitrogen and oxygen atoms in total. The van der Waals surface area contributed by atoms with Gasteiger partial charge < -0.3 is 5.32 Å². The Kier molecular flexibility index (Phi) is 3.31. The zero-order valence-corrected chi connectivity index (χ0v) is 10.5. The second-order valence-corrected chi connectivity index (χ2v) is 4.98. The molecule has 0 aliphatic heterocycles. The van der Waals surface area contributed by atoms with Crippen LogP contribution in [0.15, 0.2) is 42.7 Å². The van der Waals surface area contributed by atoms with Crippen molar-refractivity contribution in [3.63, 3.8) is 0 Å². The van der Waals surface area contributed by atoms with E-state index in [-0.39, 0.29) is 0 Å². The minimum Gasteiger partial charge on any atom is -0.382 e. The monoisotopic (exact) mass is 241 g/mol. The van der Waals surface area contributed by atoms with Gasteiger partial charge in [-0.2, -0.15) is 5.10 Å².